The van der Waals surface area contributed by atoms with Crippen molar-refractivity contribution >= 4 is 23.8 Å². The number of pyridine rings is 1. The second kappa shape index (κ2) is 5.55. The van der Waals surface area contributed by atoms with Crippen LogP contribution in [0.2, 0.25) is 5.02 Å². The van der Waals surface area contributed by atoms with Gasteiger partial charge in [-0.25, -0.2) is 0 Å². The SMILES string of the molecule is Cc1c(O)c(=S)ccn1CCc1cccc(Cl)c1. The van der Waals surface area contributed by atoms with Crippen LogP contribution < -0.4 is 0 Å². The second-order valence-corrected chi connectivity index (χ2v) is 5.06. The van der Waals surface area contributed by atoms with E-state index in [2.05, 4.69) is 0 Å². The molecule has 1 heterocycles. The molecule has 0 atom stereocenters. The van der Waals surface area contributed by atoms with Crippen LogP contribution in [0.4, 0.5) is 0 Å². The average Bonchev–Trinajstić information content (AvgIpc) is 2.35. The van der Waals surface area contributed by atoms with E-state index in [1.165, 1.54) is 5.56 Å². The Bertz CT molecular complexity index is 621. The van der Waals surface area contributed by atoms with E-state index in [0.29, 0.717) is 4.51 Å². The lowest BCUT2D eigenvalue weighted by molar-refractivity contribution is 0.456. The van der Waals surface area contributed by atoms with Gasteiger partial charge >= 0.3 is 0 Å². The Morgan fingerprint density at radius 1 is 1.33 bits per heavy atom. The first-order valence-corrected chi connectivity index (χ1v) is 6.50. The van der Waals surface area contributed by atoms with Gasteiger partial charge in [0.15, 0.2) is 5.75 Å². The van der Waals surface area contributed by atoms with Crippen LogP contribution in [-0.4, -0.2) is 9.67 Å². The van der Waals surface area contributed by atoms with Gasteiger partial charge in [0, 0.05) is 17.8 Å². The highest BCUT2D eigenvalue weighted by atomic mass is 35.5. The zero-order valence-corrected chi connectivity index (χ0v) is 11.6. The molecule has 0 radical (unpaired) electrons. The number of nitrogens with zero attached hydrogens (tertiary/aromatic N) is 1. The summed E-state index contributed by atoms with van der Waals surface area (Å²) in [6, 6.07) is 9.55. The average molecular weight is 280 g/mol. The van der Waals surface area contributed by atoms with E-state index >= 15 is 0 Å². The van der Waals surface area contributed by atoms with Crippen molar-refractivity contribution in [2.75, 3.05) is 0 Å². The molecule has 0 unspecified atom stereocenters. The van der Waals surface area contributed by atoms with Crippen LogP contribution in [0, 0.1) is 11.4 Å². The number of aryl methyl sites for hydroxylation is 2. The van der Waals surface area contributed by atoms with Gasteiger partial charge in [0.1, 0.15) is 0 Å². The lowest BCUT2D eigenvalue weighted by atomic mass is 10.1. The molecular weight excluding hydrogens is 266 g/mol. The topological polar surface area (TPSA) is 25.2 Å². The zero-order chi connectivity index (χ0) is 13.1. The number of hydrogen-bond acceptors (Lipinski definition) is 2. The molecule has 0 aliphatic carbocycles. The molecule has 1 aromatic heterocycles. The highest BCUT2D eigenvalue weighted by Crippen LogP contribution is 2.18. The minimum absolute atomic E-state index is 0.193. The van der Waals surface area contributed by atoms with Gasteiger partial charge in [-0.3, -0.25) is 0 Å². The van der Waals surface area contributed by atoms with Gasteiger partial charge in [-0.1, -0.05) is 36.0 Å². The van der Waals surface area contributed by atoms with Crippen molar-refractivity contribution in [2.24, 2.45) is 0 Å². The maximum atomic E-state index is 9.78. The van der Waals surface area contributed by atoms with E-state index in [-0.39, 0.29) is 5.75 Å². The van der Waals surface area contributed by atoms with E-state index in [1.807, 2.05) is 42.0 Å². The molecule has 0 saturated heterocycles. The summed E-state index contributed by atoms with van der Waals surface area (Å²) < 4.78 is 2.48. The van der Waals surface area contributed by atoms with Crippen molar-refractivity contribution in [2.45, 2.75) is 19.9 Å². The van der Waals surface area contributed by atoms with Crippen molar-refractivity contribution in [3.63, 3.8) is 0 Å². The number of rotatable bonds is 3. The van der Waals surface area contributed by atoms with E-state index in [0.717, 1.165) is 23.7 Å². The number of aromatic hydroxyl groups is 1. The molecule has 1 N–H and O–H groups in total. The Morgan fingerprint density at radius 3 is 2.83 bits per heavy atom. The van der Waals surface area contributed by atoms with Crippen molar-refractivity contribution in [3.8, 4) is 5.75 Å². The molecule has 0 saturated carbocycles. The van der Waals surface area contributed by atoms with E-state index in [1.54, 1.807) is 6.07 Å². The van der Waals surface area contributed by atoms with E-state index in [9.17, 15) is 5.11 Å². The van der Waals surface area contributed by atoms with Crippen molar-refractivity contribution in [3.05, 3.63) is 57.3 Å². The van der Waals surface area contributed by atoms with Crippen molar-refractivity contribution < 1.29 is 5.11 Å². The predicted molar refractivity (Wildman–Crippen MR) is 76.8 cm³/mol. The summed E-state index contributed by atoms with van der Waals surface area (Å²) in [5, 5.41) is 10.5. The van der Waals surface area contributed by atoms with Gasteiger partial charge in [-0.05, 0) is 37.1 Å². The molecule has 94 valence electrons. The van der Waals surface area contributed by atoms with Crippen LogP contribution in [0.25, 0.3) is 0 Å². The standard InChI is InChI=1S/C14H14ClNOS/c1-10-14(17)13(18)6-8-16(10)7-5-11-3-2-4-12(15)9-11/h2-4,6,8-9,17H,5,7H2,1H3. The Balaban J connectivity index is 2.16. The first kappa shape index (κ1) is 13.1. The maximum absolute atomic E-state index is 9.78. The molecule has 0 spiro atoms. The Morgan fingerprint density at radius 2 is 2.11 bits per heavy atom. The molecule has 4 heteroatoms. The summed E-state index contributed by atoms with van der Waals surface area (Å²) in [6.07, 6.45) is 2.77. The Kier molecular flexibility index (Phi) is 4.04. The number of hydrogen-bond donors (Lipinski definition) is 1. The van der Waals surface area contributed by atoms with Gasteiger partial charge in [0.05, 0.1) is 10.2 Å². The van der Waals surface area contributed by atoms with E-state index < -0.39 is 0 Å². The molecule has 1 aromatic carbocycles. The lowest BCUT2D eigenvalue weighted by Gasteiger charge is -2.12. The molecule has 2 aromatic rings. The van der Waals surface area contributed by atoms with Gasteiger partial charge in [0.25, 0.3) is 0 Å². The summed E-state index contributed by atoms with van der Waals surface area (Å²) in [7, 11) is 0. The molecule has 0 bridgehead atoms. The zero-order valence-electron chi connectivity index (χ0n) is 10.1. The molecule has 0 amide bonds. The summed E-state index contributed by atoms with van der Waals surface area (Å²) >= 11 is 11.0. The number of aromatic nitrogens is 1. The molecular formula is C14H14ClNOS. The van der Waals surface area contributed by atoms with Crippen LogP contribution in [0.15, 0.2) is 36.5 Å². The lowest BCUT2D eigenvalue weighted by Crippen LogP contribution is -2.05. The van der Waals surface area contributed by atoms with Gasteiger partial charge in [-0.15, -0.1) is 0 Å². The number of benzene rings is 1. The third-order valence-electron chi connectivity index (χ3n) is 2.94. The molecule has 18 heavy (non-hydrogen) atoms. The van der Waals surface area contributed by atoms with Crippen LogP contribution in [0.1, 0.15) is 11.3 Å². The minimum Gasteiger partial charge on any atom is -0.505 e. The first-order valence-electron chi connectivity index (χ1n) is 5.71. The fraction of sp³-hybridized carbons (Fsp3) is 0.214. The second-order valence-electron chi connectivity index (χ2n) is 4.19. The van der Waals surface area contributed by atoms with Crippen LogP contribution >= 0.6 is 23.8 Å². The van der Waals surface area contributed by atoms with Gasteiger partial charge < -0.3 is 9.67 Å². The highest BCUT2D eigenvalue weighted by Gasteiger charge is 2.03. The first-order chi connectivity index (χ1) is 8.58. The van der Waals surface area contributed by atoms with Crippen LogP contribution in [0.5, 0.6) is 5.75 Å². The third-order valence-corrected chi connectivity index (χ3v) is 3.51. The summed E-state index contributed by atoms with van der Waals surface area (Å²) in [5.74, 6) is 0.193. The highest BCUT2D eigenvalue weighted by molar-refractivity contribution is 7.71. The normalized spacial score (nSPS) is 10.6. The molecule has 0 aliphatic rings. The van der Waals surface area contributed by atoms with Crippen molar-refractivity contribution in [1.29, 1.82) is 0 Å². The predicted octanol–water partition coefficient (Wildman–Crippen LogP) is 4.13. The van der Waals surface area contributed by atoms with Crippen LogP contribution in [0.3, 0.4) is 0 Å². The largest absolute Gasteiger partial charge is 0.505 e. The molecule has 2 nitrogen and oxygen atoms in total. The summed E-state index contributed by atoms with van der Waals surface area (Å²) in [6.45, 7) is 2.65. The Labute approximate surface area is 116 Å². The quantitative estimate of drug-likeness (QED) is 0.855. The van der Waals surface area contributed by atoms with Crippen molar-refractivity contribution in [1.82, 2.24) is 4.57 Å². The monoisotopic (exact) mass is 279 g/mol. The smallest absolute Gasteiger partial charge is 0.152 e. The molecule has 2 rings (SSSR count). The number of halogens is 1. The minimum atomic E-state index is 0.193. The fourth-order valence-electron chi connectivity index (χ4n) is 1.85. The van der Waals surface area contributed by atoms with Crippen LogP contribution in [-0.2, 0) is 13.0 Å². The maximum Gasteiger partial charge on any atom is 0.152 e. The van der Waals surface area contributed by atoms with Gasteiger partial charge in [0.2, 0.25) is 0 Å². The van der Waals surface area contributed by atoms with E-state index in [4.69, 9.17) is 23.8 Å². The summed E-state index contributed by atoms with van der Waals surface area (Å²) in [4.78, 5) is 0. The Hall–Kier alpha value is -1.32. The van der Waals surface area contributed by atoms with Gasteiger partial charge in [-0.2, -0.15) is 0 Å². The summed E-state index contributed by atoms with van der Waals surface area (Å²) in [5.41, 5.74) is 1.97. The molecule has 0 fully saturated rings. The fourth-order valence-corrected chi connectivity index (χ4v) is 2.27. The molecule has 0 aliphatic heterocycles. The third kappa shape index (κ3) is 2.92.